The molecule has 0 spiro atoms. The molecular weight excluding hydrogens is 468 g/mol. The number of carbonyl (C=O) groups excluding carboxylic acids is 1. The highest BCUT2D eigenvalue weighted by Crippen LogP contribution is 2.29. The van der Waals surface area contributed by atoms with E-state index in [1.165, 1.54) is 32.4 Å². The molecule has 2 rings (SSSR count). The van der Waals surface area contributed by atoms with Gasteiger partial charge in [-0.1, -0.05) is 34.5 Å². The third-order valence-electron chi connectivity index (χ3n) is 4.21. The second kappa shape index (κ2) is 9.26. The average molecular weight is 490 g/mol. The first-order valence-electron chi connectivity index (χ1n) is 8.48. The number of nitrogens with zero attached hydrogens (tertiary/aromatic N) is 1. The molecule has 2 aromatic rings. The summed E-state index contributed by atoms with van der Waals surface area (Å²) in [6.45, 7) is 3.52. The van der Waals surface area contributed by atoms with Crippen LogP contribution in [0.25, 0.3) is 0 Å². The zero-order valence-electron chi connectivity index (χ0n) is 16.0. The number of halogens is 2. The number of methoxy groups -OCH3 is 1. The van der Waals surface area contributed by atoms with Crippen molar-refractivity contribution in [1.29, 1.82) is 0 Å². The maximum atomic E-state index is 12.9. The van der Waals surface area contributed by atoms with Gasteiger partial charge in [0, 0.05) is 22.2 Å². The van der Waals surface area contributed by atoms with E-state index < -0.39 is 15.9 Å². The normalized spacial score (nSPS) is 11.5. The molecule has 0 saturated carbocycles. The smallest absolute Gasteiger partial charge is 0.247 e. The zero-order chi connectivity index (χ0) is 21.1. The standard InChI is InChI=1S/C19H22BrClN2O4S/c1-5-13-9-14(20)8-12(2)19(13)22-18(24)11-23(3)28(25,26)17-10-15(21)6-7-16(17)27-4/h6-10H,5,11H2,1-4H3,(H,22,24). The molecule has 0 radical (unpaired) electrons. The number of amides is 1. The van der Waals surface area contributed by atoms with Crippen LogP contribution in [0.5, 0.6) is 5.75 Å². The second-order valence-corrected chi connectivity index (χ2v) is 9.58. The lowest BCUT2D eigenvalue weighted by Gasteiger charge is -2.20. The molecule has 9 heteroatoms. The molecule has 1 amide bonds. The van der Waals surface area contributed by atoms with Crippen LogP contribution in [0.1, 0.15) is 18.1 Å². The van der Waals surface area contributed by atoms with Gasteiger partial charge in [-0.05, 0) is 54.8 Å². The van der Waals surface area contributed by atoms with Crippen molar-refractivity contribution in [1.82, 2.24) is 4.31 Å². The van der Waals surface area contributed by atoms with Crippen LogP contribution in [-0.4, -0.2) is 39.3 Å². The maximum absolute atomic E-state index is 12.9. The van der Waals surface area contributed by atoms with Crippen molar-refractivity contribution in [3.05, 3.63) is 51.0 Å². The first-order chi connectivity index (χ1) is 13.1. The van der Waals surface area contributed by atoms with Gasteiger partial charge in [0.05, 0.1) is 13.7 Å². The molecule has 0 aliphatic heterocycles. The van der Waals surface area contributed by atoms with Gasteiger partial charge in [0.2, 0.25) is 15.9 Å². The van der Waals surface area contributed by atoms with E-state index in [4.69, 9.17) is 16.3 Å². The Morgan fingerprint density at radius 2 is 1.96 bits per heavy atom. The van der Waals surface area contributed by atoms with Gasteiger partial charge in [-0.15, -0.1) is 0 Å². The monoisotopic (exact) mass is 488 g/mol. The van der Waals surface area contributed by atoms with Crippen molar-refractivity contribution in [2.45, 2.75) is 25.2 Å². The zero-order valence-corrected chi connectivity index (χ0v) is 19.2. The van der Waals surface area contributed by atoms with E-state index in [1.807, 2.05) is 26.0 Å². The lowest BCUT2D eigenvalue weighted by molar-refractivity contribution is -0.116. The number of likely N-dealkylation sites (N-methyl/N-ethyl adjacent to an activating group) is 1. The minimum Gasteiger partial charge on any atom is -0.495 e. The highest BCUT2D eigenvalue weighted by molar-refractivity contribution is 9.10. The number of sulfonamides is 1. The molecule has 6 nitrogen and oxygen atoms in total. The molecule has 0 aliphatic carbocycles. The van der Waals surface area contributed by atoms with Gasteiger partial charge in [-0.25, -0.2) is 8.42 Å². The Hall–Kier alpha value is -1.61. The number of ether oxygens (including phenoxy) is 1. The van der Waals surface area contributed by atoms with E-state index >= 15 is 0 Å². The van der Waals surface area contributed by atoms with Crippen LogP contribution in [0.3, 0.4) is 0 Å². The van der Waals surface area contributed by atoms with Crippen molar-refractivity contribution >= 4 is 49.1 Å². The van der Waals surface area contributed by atoms with Crippen LogP contribution in [0, 0.1) is 6.92 Å². The summed E-state index contributed by atoms with van der Waals surface area (Å²) in [5, 5.41) is 3.09. The Kier molecular flexibility index (Phi) is 7.50. The predicted octanol–water partition coefficient (Wildman–Crippen LogP) is 4.24. The van der Waals surface area contributed by atoms with Gasteiger partial charge < -0.3 is 10.1 Å². The number of carbonyl (C=O) groups is 1. The molecule has 0 aliphatic rings. The second-order valence-electron chi connectivity index (χ2n) is 6.21. The van der Waals surface area contributed by atoms with Crippen LogP contribution >= 0.6 is 27.5 Å². The highest BCUT2D eigenvalue weighted by Gasteiger charge is 2.27. The number of nitrogens with one attached hydrogen (secondary N) is 1. The Morgan fingerprint density at radius 1 is 1.29 bits per heavy atom. The summed E-state index contributed by atoms with van der Waals surface area (Å²) in [6, 6.07) is 8.14. The quantitative estimate of drug-likeness (QED) is 0.631. The van der Waals surface area contributed by atoms with Crippen LogP contribution in [0.15, 0.2) is 39.7 Å². The molecular formula is C19H22BrClN2O4S. The van der Waals surface area contributed by atoms with E-state index in [0.29, 0.717) is 5.69 Å². The Labute approximate surface area is 179 Å². The van der Waals surface area contributed by atoms with Crippen molar-refractivity contribution < 1.29 is 17.9 Å². The molecule has 1 N–H and O–H groups in total. The molecule has 0 aromatic heterocycles. The Balaban J connectivity index is 2.24. The number of hydrogen-bond acceptors (Lipinski definition) is 4. The van der Waals surface area contributed by atoms with Gasteiger partial charge in [0.15, 0.2) is 0 Å². The molecule has 28 heavy (non-hydrogen) atoms. The molecule has 0 saturated heterocycles. The largest absolute Gasteiger partial charge is 0.495 e. The van der Waals surface area contributed by atoms with Crippen molar-refractivity contribution in [3.8, 4) is 5.75 Å². The number of aryl methyl sites for hydroxylation is 2. The third kappa shape index (κ3) is 5.05. The topological polar surface area (TPSA) is 75.7 Å². The van der Waals surface area contributed by atoms with E-state index in [0.717, 1.165) is 26.3 Å². The van der Waals surface area contributed by atoms with E-state index in [1.54, 1.807) is 0 Å². The van der Waals surface area contributed by atoms with Gasteiger partial charge in [0.25, 0.3) is 0 Å². The molecule has 0 atom stereocenters. The molecule has 152 valence electrons. The minimum atomic E-state index is -3.97. The number of hydrogen-bond donors (Lipinski definition) is 1. The number of anilines is 1. The van der Waals surface area contributed by atoms with Crippen LogP contribution in [-0.2, 0) is 21.2 Å². The van der Waals surface area contributed by atoms with Crippen LogP contribution in [0.2, 0.25) is 5.02 Å². The van der Waals surface area contributed by atoms with Crippen molar-refractivity contribution in [3.63, 3.8) is 0 Å². The first-order valence-corrected chi connectivity index (χ1v) is 11.1. The average Bonchev–Trinajstić information content (AvgIpc) is 2.63. The molecule has 2 aromatic carbocycles. The van der Waals surface area contributed by atoms with Crippen molar-refractivity contribution in [2.24, 2.45) is 0 Å². The first kappa shape index (κ1) is 22.7. The van der Waals surface area contributed by atoms with Crippen LogP contribution in [0.4, 0.5) is 5.69 Å². The van der Waals surface area contributed by atoms with E-state index in [-0.39, 0.29) is 22.2 Å². The lowest BCUT2D eigenvalue weighted by atomic mass is 10.1. The lowest BCUT2D eigenvalue weighted by Crippen LogP contribution is -2.35. The van der Waals surface area contributed by atoms with Gasteiger partial charge in [-0.3, -0.25) is 4.79 Å². The summed E-state index contributed by atoms with van der Waals surface area (Å²) in [4.78, 5) is 12.5. The van der Waals surface area contributed by atoms with Gasteiger partial charge in [-0.2, -0.15) is 4.31 Å². The molecule has 0 fully saturated rings. The summed E-state index contributed by atoms with van der Waals surface area (Å²) in [5.74, 6) is -0.277. The van der Waals surface area contributed by atoms with E-state index in [9.17, 15) is 13.2 Å². The summed E-state index contributed by atoms with van der Waals surface area (Å²) < 4.78 is 32.8. The highest BCUT2D eigenvalue weighted by atomic mass is 79.9. The fourth-order valence-corrected chi connectivity index (χ4v) is 4.92. The van der Waals surface area contributed by atoms with E-state index in [2.05, 4.69) is 21.2 Å². The number of benzene rings is 2. The summed E-state index contributed by atoms with van der Waals surface area (Å²) >= 11 is 9.38. The molecule has 0 unspecified atom stereocenters. The number of rotatable bonds is 7. The van der Waals surface area contributed by atoms with Crippen LogP contribution < -0.4 is 10.1 Å². The fraction of sp³-hybridized carbons (Fsp3) is 0.316. The minimum absolute atomic E-state index is 0.0909. The third-order valence-corrected chi connectivity index (χ3v) is 6.72. The van der Waals surface area contributed by atoms with Gasteiger partial charge >= 0.3 is 0 Å². The molecule has 0 heterocycles. The van der Waals surface area contributed by atoms with Gasteiger partial charge in [0.1, 0.15) is 10.6 Å². The van der Waals surface area contributed by atoms with Crippen molar-refractivity contribution in [2.75, 3.05) is 26.0 Å². The SMILES string of the molecule is CCc1cc(Br)cc(C)c1NC(=O)CN(C)S(=O)(=O)c1cc(Cl)ccc1OC. The molecule has 0 bridgehead atoms. The predicted molar refractivity (Wildman–Crippen MR) is 115 cm³/mol. The Bertz CT molecular complexity index is 996. The summed E-state index contributed by atoms with van der Waals surface area (Å²) in [5.41, 5.74) is 2.55. The summed E-state index contributed by atoms with van der Waals surface area (Å²) in [7, 11) is -1.26. The maximum Gasteiger partial charge on any atom is 0.247 e. The Morgan fingerprint density at radius 3 is 2.57 bits per heavy atom. The summed E-state index contributed by atoms with van der Waals surface area (Å²) in [6.07, 6.45) is 0.726. The fourth-order valence-electron chi connectivity index (χ4n) is 2.76.